The number of aromatic nitrogens is 1. The fraction of sp³-hybridized carbons (Fsp3) is 0.333. The van der Waals surface area contributed by atoms with Crippen LogP contribution in [0.3, 0.4) is 0 Å². The average Bonchev–Trinajstić information content (AvgIpc) is 2.26. The van der Waals surface area contributed by atoms with Crippen LogP contribution in [0, 0.1) is 11.8 Å². The second kappa shape index (κ2) is 4.95. The molecule has 0 saturated carbocycles. The second-order valence-electron chi connectivity index (χ2n) is 3.14. The topological polar surface area (TPSA) is 79.5 Å². The van der Waals surface area contributed by atoms with Crippen LogP contribution in [0.1, 0.15) is 0 Å². The van der Waals surface area contributed by atoms with E-state index in [-0.39, 0.29) is 5.69 Å². The number of rotatable bonds is 3. The highest BCUT2D eigenvalue weighted by atomic mass is 19.1. The summed E-state index contributed by atoms with van der Waals surface area (Å²) in [6.45, 7) is -0.556. The molecule has 0 fully saturated rings. The predicted molar refractivity (Wildman–Crippen MR) is 52.6 cm³/mol. The summed E-state index contributed by atoms with van der Waals surface area (Å²) in [7, 11) is 1.26. The predicted octanol–water partition coefficient (Wildman–Crippen LogP) is -0.358. The van der Waals surface area contributed by atoms with Gasteiger partial charge in [-0.2, -0.15) is 4.39 Å². The quantitative estimate of drug-likeness (QED) is 0.696. The summed E-state index contributed by atoms with van der Waals surface area (Å²) < 4.78 is 25.8. The van der Waals surface area contributed by atoms with Crippen molar-refractivity contribution in [3.8, 4) is 0 Å². The van der Waals surface area contributed by atoms with Crippen molar-refractivity contribution in [2.75, 3.05) is 18.6 Å². The molecule has 7 heteroatoms. The Morgan fingerprint density at radius 3 is 2.81 bits per heavy atom. The molecule has 1 atom stereocenters. The first-order chi connectivity index (χ1) is 7.47. The number of nitrogens with zero attached hydrogens (tertiary/aromatic N) is 2. The Morgan fingerprint density at radius 1 is 1.69 bits per heavy atom. The molecule has 16 heavy (non-hydrogen) atoms. The molecule has 0 unspecified atom stereocenters. The van der Waals surface area contributed by atoms with E-state index in [0.717, 1.165) is 11.1 Å². The zero-order valence-electron chi connectivity index (χ0n) is 8.52. The van der Waals surface area contributed by atoms with Gasteiger partial charge in [-0.3, -0.25) is 4.79 Å². The van der Waals surface area contributed by atoms with Crippen molar-refractivity contribution in [2.45, 2.75) is 6.04 Å². The van der Waals surface area contributed by atoms with Crippen molar-refractivity contribution in [2.24, 2.45) is 5.73 Å². The van der Waals surface area contributed by atoms with E-state index in [9.17, 15) is 13.6 Å². The maximum absolute atomic E-state index is 13.3. The molecule has 0 bridgehead atoms. The first-order valence-electron chi connectivity index (χ1n) is 4.42. The van der Waals surface area contributed by atoms with Crippen LogP contribution in [0.15, 0.2) is 12.3 Å². The van der Waals surface area contributed by atoms with E-state index in [1.165, 1.54) is 7.05 Å². The van der Waals surface area contributed by atoms with Crippen LogP contribution >= 0.6 is 0 Å². The Balaban J connectivity index is 2.96. The normalized spacial score (nSPS) is 12.3. The Labute approximate surface area is 90.5 Å². The van der Waals surface area contributed by atoms with E-state index < -0.39 is 30.3 Å². The van der Waals surface area contributed by atoms with Crippen molar-refractivity contribution in [3.63, 3.8) is 0 Å². The molecule has 0 aliphatic carbocycles. The van der Waals surface area contributed by atoms with Gasteiger partial charge < -0.3 is 15.7 Å². The van der Waals surface area contributed by atoms with Crippen LogP contribution in [0.4, 0.5) is 14.5 Å². The number of hydrogen-bond donors (Lipinski definition) is 2. The fourth-order valence-electron chi connectivity index (χ4n) is 1.09. The van der Waals surface area contributed by atoms with E-state index in [1.54, 1.807) is 0 Å². The average molecular weight is 231 g/mol. The van der Waals surface area contributed by atoms with Crippen LogP contribution in [-0.4, -0.2) is 35.7 Å². The number of amides is 1. The summed E-state index contributed by atoms with van der Waals surface area (Å²) in [6.07, 6.45) is 0.882. The molecule has 88 valence electrons. The first kappa shape index (κ1) is 12.5. The summed E-state index contributed by atoms with van der Waals surface area (Å²) in [5, 5.41) is 8.67. The third kappa shape index (κ3) is 2.50. The molecule has 1 amide bonds. The number of anilines is 1. The molecule has 0 aliphatic rings. The maximum atomic E-state index is 13.3. The summed E-state index contributed by atoms with van der Waals surface area (Å²) in [5.41, 5.74) is 5.08. The third-order valence-electron chi connectivity index (χ3n) is 2.01. The molecular weight excluding hydrogens is 220 g/mol. The molecule has 1 heterocycles. The van der Waals surface area contributed by atoms with Crippen LogP contribution in [0.25, 0.3) is 0 Å². The van der Waals surface area contributed by atoms with Gasteiger partial charge in [-0.1, -0.05) is 0 Å². The van der Waals surface area contributed by atoms with Gasteiger partial charge in [0.05, 0.1) is 18.5 Å². The number of hydrogen-bond acceptors (Lipinski definition) is 4. The third-order valence-corrected chi connectivity index (χ3v) is 2.01. The number of halogens is 2. The number of carbonyl (C=O) groups excluding carboxylic acids is 1. The van der Waals surface area contributed by atoms with Crippen LogP contribution < -0.4 is 10.6 Å². The van der Waals surface area contributed by atoms with Gasteiger partial charge in [-0.05, 0) is 0 Å². The van der Waals surface area contributed by atoms with Crippen molar-refractivity contribution in [1.29, 1.82) is 0 Å². The molecule has 1 aromatic heterocycles. The van der Waals surface area contributed by atoms with Crippen LogP contribution in [-0.2, 0) is 4.79 Å². The molecule has 0 aromatic carbocycles. The summed E-state index contributed by atoms with van der Waals surface area (Å²) in [5.74, 6) is -2.59. The zero-order valence-corrected chi connectivity index (χ0v) is 8.52. The Hall–Kier alpha value is -1.60. The summed E-state index contributed by atoms with van der Waals surface area (Å²) in [6, 6.07) is -0.585. The molecule has 0 radical (unpaired) electrons. The number of carbonyl (C=O) groups is 1. The highest BCUT2D eigenvalue weighted by molar-refractivity contribution is 5.96. The number of aliphatic hydroxyl groups is 1. The Morgan fingerprint density at radius 2 is 2.31 bits per heavy atom. The first-order valence-corrected chi connectivity index (χ1v) is 4.42. The molecule has 1 aromatic rings. The van der Waals surface area contributed by atoms with Crippen LogP contribution in [0.2, 0.25) is 0 Å². The Bertz CT molecular complexity index is 400. The number of likely N-dealkylation sites (N-methyl/N-ethyl adjacent to an activating group) is 1. The van der Waals surface area contributed by atoms with Gasteiger partial charge in [0.25, 0.3) is 0 Å². The smallest absolute Gasteiger partial charge is 0.246 e. The van der Waals surface area contributed by atoms with Gasteiger partial charge in [-0.25, -0.2) is 9.37 Å². The van der Waals surface area contributed by atoms with Gasteiger partial charge >= 0.3 is 0 Å². The summed E-state index contributed by atoms with van der Waals surface area (Å²) >= 11 is 0. The van der Waals surface area contributed by atoms with Crippen molar-refractivity contribution in [3.05, 3.63) is 24.0 Å². The van der Waals surface area contributed by atoms with Gasteiger partial charge in [0.1, 0.15) is 6.04 Å². The molecule has 0 saturated heterocycles. The fourth-order valence-corrected chi connectivity index (χ4v) is 1.09. The molecule has 1 rings (SSSR count). The number of aliphatic hydroxyl groups excluding tert-OH is 1. The van der Waals surface area contributed by atoms with E-state index >= 15 is 0 Å². The lowest BCUT2D eigenvalue weighted by molar-refractivity contribution is -0.120. The van der Waals surface area contributed by atoms with E-state index in [1.807, 2.05) is 0 Å². The molecule has 0 spiro atoms. The van der Waals surface area contributed by atoms with Gasteiger partial charge in [0.15, 0.2) is 5.82 Å². The number of pyridine rings is 1. The van der Waals surface area contributed by atoms with Crippen molar-refractivity contribution in [1.82, 2.24) is 4.98 Å². The minimum atomic E-state index is -1.14. The maximum Gasteiger partial charge on any atom is 0.246 e. The van der Waals surface area contributed by atoms with E-state index in [2.05, 4.69) is 4.98 Å². The second-order valence-corrected chi connectivity index (χ2v) is 3.14. The lowest BCUT2D eigenvalue weighted by atomic mass is 10.2. The highest BCUT2D eigenvalue weighted by Crippen LogP contribution is 2.17. The standard InChI is InChI=1S/C9H11F2N3O2/c1-14(9(16)6(12)4-15)7-3-13-8(11)2-5(7)10/h2-3,6,15H,4,12H2,1H3/t6-/m0/s1. The SMILES string of the molecule is CN(C(=O)[C@@H](N)CO)c1cnc(F)cc1F. The highest BCUT2D eigenvalue weighted by Gasteiger charge is 2.21. The van der Waals surface area contributed by atoms with Gasteiger partial charge in [0, 0.05) is 13.1 Å². The van der Waals surface area contributed by atoms with E-state index in [4.69, 9.17) is 10.8 Å². The minimum Gasteiger partial charge on any atom is -0.394 e. The molecule has 5 nitrogen and oxygen atoms in total. The number of nitrogens with two attached hydrogens (primary N) is 1. The van der Waals surface area contributed by atoms with Gasteiger partial charge in [-0.15, -0.1) is 0 Å². The molecule has 3 N–H and O–H groups in total. The van der Waals surface area contributed by atoms with Gasteiger partial charge in [0.2, 0.25) is 11.9 Å². The molecular formula is C9H11F2N3O2. The molecule has 0 aliphatic heterocycles. The van der Waals surface area contributed by atoms with E-state index in [0.29, 0.717) is 6.07 Å². The lowest BCUT2D eigenvalue weighted by Crippen LogP contribution is -2.44. The zero-order chi connectivity index (χ0) is 12.3. The van der Waals surface area contributed by atoms with Crippen LogP contribution in [0.5, 0.6) is 0 Å². The largest absolute Gasteiger partial charge is 0.394 e. The van der Waals surface area contributed by atoms with Crippen molar-refractivity contribution < 1.29 is 18.7 Å². The minimum absolute atomic E-state index is 0.199. The lowest BCUT2D eigenvalue weighted by Gasteiger charge is -2.20. The Kier molecular flexibility index (Phi) is 3.86. The summed E-state index contributed by atoms with van der Waals surface area (Å²) in [4.78, 5) is 15.6. The monoisotopic (exact) mass is 231 g/mol. The van der Waals surface area contributed by atoms with Crippen molar-refractivity contribution >= 4 is 11.6 Å².